The van der Waals surface area contributed by atoms with E-state index in [9.17, 15) is 4.79 Å². The highest BCUT2D eigenvalue weighted by Crippen LogP contribution is 2.37. The third kappa shape index (κ3) is 5.03. The lowest BCUT2D eigenvalue weighted by atomic mass is 10.0. The van der Waals surface area contributed by atoms with Crippen molar-refractivity contribution in [3.63, 3.8) is 0 Å². The molecule has 0 bridgehead atoms. The summed E-state index contributed by atoms with van der Waals surface area (Å²) >= 11 is 8.24. The third-order valence-corrected chi connectivity index (χ3v) is 7.16. The first-order valence-corrected chi connectivity index (χ1v) is 11.2. The molecule has 1 aliphatic carbocycles. The van der Waals surface area contributed by atoms with Gasteiger partial charge in [0.15, 0.2) is 0 Å². The molecule has 2 N–H and O–H groups in total. The number of carbonyl (C=O) groups is 1. The number of halogens is 1. The molecule has 2 aliphatic rings. The van der Waals surface area contributed by atoms with E-state index in [0.29, 0.717) is 22.4 Å². The molecule has 5 heteroatoms. The highest BCUT2D eigenvalue weighted by atomic mass is 35.5. The van der Waals surface area contributed by atoms with Crippen molar-refractivity contribution in [2.75, 3.05) is 6.54 Å². The Morgan fingerprint density at radius 1 is 1.25 bits per heavy atom. The molecule has 1 aliphatic heterocycles. The van der Waals surface area contributed by atoms with Crippen LogP contribution in [-0.4, -0.2) is 17.7 Å². The van der Waals surface area contributed by atoms with E-state index < -0.39 is 0 Å². The maximum Gasteiger partial charge on any atom is 0.251 e. The van der Waals surface area contributed by atoms with Crippen molar-refractivity contribution in [1.29, 1.82) is 0 Å². The molecule has 0 spiro atoms. The number of thioether (sulfide) groups is 1. The summed E-state index contributed by atoms with van der Waals surface area (Å²) in [7, 11) is 0. The molecule has 1 saturated carbocycles. The first-order valence-electron chi connectivity index (χ1n) is 9.94. The van der Waals surface area contributed by atoms with E-state index in [0.717, 1.165) is 33.0 Å². The van der Waals surface area contributed by atoms with Crippen molar-refractivity contribution >= 4 is 29.3 Å². The van der Waals surface area contributed by atoms with Crippen molar-refractivity contribution in [2.45, 2.75) is 63.0 Å². The van der Waals surface area contributed by atoms with Gasteiger partial charge in [0.25, 0.3) is 5.91 Å². The van der Waals surface area contributed by atoms with Crippen LogP contribution in [0.25, 0.3) is 0 Å². The van der Waals surface area contributed by atoms with Crippen LogP contribution in [0, 0.1) is 6.92 Å². The van der Waals surface area contributed by atoms with Crippen LogP contribution in [0.5, 0.6) is 0 Å². The molecule has 0 saturated heterocycles. The Kier molecular flexibility index (Phi) is 6.95. The minimum absolute atomic E-state index is 0.0927. The fraction of sp³-hybridized carbons (Fsp3) is 0.435. The van der Waals surface area contributed by atoms with Crippen molar-refractivity contribution in [3.05, 3.63) is 63.5 Å². The van der Waals surface area contributed by atoms with Crippen molar-refractivity contribution < 1.29 is 4.79 Å². The molecular weight excluding hydrogens is 388 g/mol. The van der Waals surface area contributed by atoms with E-state index in [1.807, 2.05) is 38.6 Å². The second kappa shape index (κ2) is 9.23. The van der Waals surface area contributed by atoms with Gasteiger partial charge >= 0.3 is 0 Å². The van der Waals surface area contributed by atoms with Gasteiger partial charge in [-0.25, -0.2) is 0 Å². The summed E-state index contributed by atoms with van der Waals surface area (Å²) in [5.41, 5.74) is 5.72. The summed E-state index contributed by atoms with van der Waals surface area (Å²) in [6.07, 6.45) is 8.49. The van der Waals surface area contributed by atoms with Gasteiger partial charge in [0.05, 0.1) is 0 Å². The summed E-state index contributed by atoms with van der Waals surface area (Å²) in [5, 5.41) is 7.52. The van der Waals surface area contributed by atoms with E-state index in [2.05, 4.69) is 23.3 Å². The lowest BCUT2D eigenvalue weighted by Crippen LogP contribution is -2.30. The fourth-order valence-electron chi connectivity index (χ4n) is 3.88. The van der Waals surface area contributed by atoms with Crippen LogP contribution >= 0.6 is 23.4 Å². The fourth-order valence-corrected chi connectivity index (χ4v) is 5.58. The predicted octanol–water partition coefficient (Wildman–Crippen LogP) is 6.14. The maximum atomic E-state index is 12.9. The van der Waals surface area contributed by atoms with Crippen LogP contribution in [-0.2, 0) is 0 Å². The number of rotatable bonds is 5. The standard InChI is InChI=1S/C23H29ClN2OS/c1-14-10-15(2)26-17(4)21(14)13-25-23(27)20-11-18(24)12-22(16(20)3)28-19-8-6-5-7-9-19/h10-12,19,26H,4-9,13H2,1-3H3,(H,25,27). The zero-order chi connectivity index (χ0) is 20.3. The summed E-state index contributed by atoms with van der Waals surface area (Å²) in [6, 6.07) is 3.77. The quantitative estimate of drug-likeness (QED) is 0.605. The van der Waals surface area contributed by atoms with Gasteiger partial charge in [0, 0.05) is 38.7 Å². The number of dihydropyridines is 1. The van der Waals surface area contributed by atoms with E-state index in [1.165, 1.54) is 32.1 Å². The number of carbonyl (C=O) groups excluding carboxylic acids is 1. The molecule has 1 fully saturated rings. The Balaban J connectivity index is 1.74. The monoisotopic (exact) mass is 416 g/mol. The second-order valence-electron chi connectivity index (χ2n) is 7.73. The topological polar surface area (TPSA) is 41.1 Å². The number of amides is 1. The molecule has 3 rings (SSSR count). The minimum Gasteiger partial charge on any atom is -0.359 e. The maximum absolute atomic E-state index is 12.9. The van der Waals surface area contributed by atoms with Crippen LogP contribution in [0.15, 0.2) is 52.2 Å². The van der Waals surface area contributed by atoms with Gasteiger partial charge in [-0.1, -0.05) is 37.4 Å². The van der Waals surface area contributed by atoms with Crippen LogP contribution in [0.2, 0.25) is 5.02 Å². The molecule has 0 aromatic heterocycles. The molecule has 1 heterocycles. The first-order chi connectivity index (χ1) is 13.3. The van der Waals surface area contributed by atoms with Crippen LogP contribution in [0.1, 0.15) is 61.9 Å². The lowest BCUT2D eigenvalue weighted by molar-refractivity contribution is 0.0956. The van der Waals surface area contributed by atoms with Gasteiger partial charge < -0.3 is 10.6 Å². The summed E-state index contributed by atoms with van der Waals surface area (Å²) in [4.78, 5) is 14.0. The number of allylic oxidation sites excluding steroid dienone is 3. The smallest absolute Gasteiger partial charge is 0.251 e. The predicted molar refractivity (Wildman–Crippen MR) is 120 cm³/mol. The molecule has 28 heavy (non-hydrogen) atoms. The molecule has 0 radical (unpaired) electrons. The highest BCUT2D eigenvalue weighted by Gasteiger charge is 2.20. The Morgan fingerprint density at radius 3 is 2.64 bits per heavy atom. The molecule has 1 amide bonds. The van der Waals surface area contributed by atoms with Crippen molar-refractivity contribution in [2.24, 2.45) is 0 Å². The van der Waals surface area contributed by atoms with Gasteiger partial charge in [-0.15, -0.1) is 11.8 Å². The Morgan fingerprint density at radius 2 is 1.96 bits per heavy atom. The first kappa shape index (κ1) is 21.1. The zero-order valence-corrected chi connectivity index (χ0v) is 18.5. The summed E-state index contributed by atoms with van der Waals surface area (Å²) < 4.78 is 0. The molecular formula is C23H29ClN2OS. The van der Waals surface area contributed by atoms with E-state index >= 15 is 0 Å². The van der Waals surface area contributed by atoms with Gasteiger partial charge in [0.1, 0.15) is 0 Å². The average molecular weight is 417 g/mol. The normalized spacial score (nSPS) is 18.0. The van der Waals surface area contributed by atoms with Gasteiger partial charge in [0.2, 0.25) is 0 Å². The average Bonchev–Trinajstić information content (AvgIpc) is 2.64. The van der Waals surface area contributed by atoms with Crippen LogP contribution < -0.4 is 10.6 Å². The van der Waals surface area contributed by atoms with Gasteiger partial charge in [-0.3, -0.25) is 4.79 Å². The minimum atomic E-state index is -0.0927. The Labute approximate surface area is 177 Å². The SMILES string of the molecule is C=C1NC(C)=CC(C)=C1CNC(=O)c1cc(Cl)cc(SC2CCCCC2)c1C. The summed E-state index contributed by atoms with van der Waals surface area (Å²) in [5.74, 6) is -0.0927. The van der Waals surface area contributed by atoms with E-state index in [1.54, 1.807) is 6.07 Å². The molecule has 0 atom stereocenters. The molecule has 150 valence electrons. The lowest BCUT2D eigenvalue weighted by Gasteiger charge is -2.23. The zero-order valence-electron chi connectivity index (χ0n) is 17.0. The number of hydrogen-bond donors (Lipinski definition) is 2. The molecule has 3 nitrogen and oxygen atoms in total. The molecule has 1 aromatic carbocycles. The molecule has 1 aromatic rings. The van der Waals surface area contributed by atoms with Gasteiger partial charge in [-0.2, -0.15) is 0 Å². The van der Waals surface area contributed by atoms with Crippen LogP contribution in [0.3, 0.4) is 0 Å². The Hall–Kier alpha value is -1.65. The largest absolute Gasteiger partial charge is 0.359 e. The van der Waals surface area contributed by atoms with E-state index in [-0.39, 0.29) is 5.91 Å². The van der Waals surface area contributed by atoms with E-state index in [4.69, 9.17) is 11.6 Å². The second-order valence-corrected chi connectivity index (χ2v) is 9.51. The number of benzene rings is 1. The van der Waals surface area contributed by atoms with Crippen molar-refractivity contribution in [1.82, 2.24) is 10.6 Å². The number of hydrogen-bond acceptors (Lipinski definition) is 3. The van der Waals surface area contributed by atoms with Crippen molar-refractivity contribution in [3.8, 4) is 0 Å². The van der Waals surface area contributed by atoms with Gasteiger partial charge in [-0.05, 0) is 68.5 Å². The molecule has 0 unspecified atom stereocenters. The number of nitrogens with one attached hydrogen (secondary N) is 2. The Bertz CT molecular complexity index is 850. The van der Waals surface area contributed by atoms with Crippen LogP contribution in [0.4, 0.5) is 0 Å². The summed E-state index contributed by atoms with van der Waals surface area (Å²) in [6.45, 7) is 10.6. The highest BCUT2D eigenvalue weighted by molar-refractivity contribution is 8.00. The third-order valence-electron chi connectivity index (χ3n) is 5.46.